The number of hydrogen-bond acceptors (Lipinski definition) is 3. The van der Waals surface area contributed by atoms with Gasteiger partial charge in [0.15, 0.2) is 0 Å². The van der Waals surface area contributed by atoms with Crippen LogP contribution in [0.15, 0.2) is 24.3 Å². The molecule has 3 nitrogen and oxygen atoms in total. The van der Waals surface area contributed by atoms with E-state index < -0.39 is 5.60 Å². The first-order valence-electron chi connectivity index (χ1n) is 6.37. The number of likely N-dealkylation sites (tertiary alicyclic amines) is 1. The summed E-state index contributed by atoms with van der Waals surface area (Å²) >= 11 is 0. The van der Waals surface area contributed by atoms with Crippen LogP contribution >= 0.6 is 0 Å². The monoisotopic (exact) mass is 252 g/mol. The van der Waals surface area contributed by atoms with Gasteiger partial charge in [-0.3, -0.25) is 4.90 Å². The Morgan fingerprint density at radius 3 is 2.61 bits per heavy atom. The minimum atomic E-state index is -0.696. The minimum Gasteiger partial charge on any atom is -0.389 e. The van der Waals surface area contributed by atoms with Crippen molar-refractivity contribution < 1.29 is 9.50 Å². The van der Waals surface area contributed by atoms with Crippen molar-refractivity contribution in [1.82, 2.24) is 4.90 Å². The zero-order chi connectivity index (χ0) is 13.3. The van der Waals surface area contributed by atoms with Crippen LogP contribution in [0.1, 0.15) is 31.9 Å². The van der Waals surface area contributed by atoms with E-state index in [0.29, 0.717) is 18.5 Å². The Morgan fingerprint density at radius 1 is 1.44 bits per heavy atom. The van der Waals surface area contributed by atoms with Gasteiger partial charge in [0.2, 0.25) is 0 Å². The van der Waals surface area contributed by atoms with E-state index >= 15 is 0 Å². The lowest BCUT2D eigenvalue weighted by atomic mass is 9.98. The van der Waals surface area contributed by atoms with E-state index in [0.717, 1.165) is 6.54 Å². The summed E-state index contributed by atoms with van der Waals surface area (Å²) in [6.45, 7) is 4.97. The van der Waals surface area contributed by atoms with E-state index in [2.05, 4.69) is 4.90 Å². The molecular formula is C14H21FN2O. The number of halogens is 1. The number of nitrogens with zero attached hydrogens (tertiary/aromatic N) is 1. The molecule has 0 radical (unpaired) electrons. The molecule has 0 saturated carbocycles. The van der Waals surface area contributed by atoms with Gasteiger partial charge in [-0.2, -0.15) is 0 Å². The maximum atomic E-state index is 13.9. The lowest BCUT2D eigenvalue weighted by Gasteiger charge is -2.32. The molecular weight excluding hydrogens is 231 g/mol. The molecule has 0 spiro atoms. The van der Waals surface area contributed by atoms with E-state index in [-0.39, 0.29) is 17.9 Å². The van der Waals surface area contributed by atoms with Gasteiger partial charge in [-0.1, -0.05) is 18.2 Å². The molecule has 1 aromatic carbocycles. The van der Waals surface area contributed by atoms with E-state index in [1.807, 2.05) is 19.9 Å². The zero-order valence-electron chi connectivity index (χ0n) is 10.9. The van der Waals surface area contributed by atoms with Gasteiger partial charge in [0.05, 0.1) is 11.6 Å². The van der Waals surface area contributed by atoms with Crippen molar-refractivity contribution in [1.29, 1.82) is 0 Å². The number of aliphatic hydroxyl groups is 1. The fourth-order valence-electron chi connectivity index (χ4n) is 2.74. The molecule has 0 aliphatic carbocycles. The fraction of sp³-hybridized carbons (Fsp3) is 0.571. The summed E-state index contributed by atoms with van der Waals surface area (Å²) in [4.78, 5) is 2.07. The molecule has 2 rings (SSSR count). The third-order valence-corrected chi connectivity index (χ3v) is 3.60. The van der Waals surface area contributed by atoms with Crippen molar-refractivity contribution in [3.63, 3.8) is 0 Å². The first-order valence-corrected chi connectivity index (χ1v) is 6.37. The van der Waals surface area contributed by atoms with Crippen LogP contribution in [0.25, 0.3) is 0 Å². The molecule has 1 aliphatic rings. The molecule has 3 atom stereocenters. The number of β-amino-alcohol motifs (C(OH)–C–C–N with tert-alkyl or cyclic N) is 1. The maximum absolute atomic E-state index is 13.9. The van der Waals surface area contributed by atoms with Crippen molar-refractivity contribution >= 4 is 0 Å². The van der Waals surface area contributed by atoms with Gasteiger partial charge in [0, 0.05) is 24.7 Å². The quantitative estimate of drug-likeness (QED) is 0.860. The molecule has 1 fully saturated rings. The molecule has 0 aromatic heterocycles. The van der Waals surface area contributed by atoms with E-state index in [4.69, 9.17) is 5.73 Å². The Kier molecular flexibility index (Phi) is 3.71. The minimum absolute atomic E-state index is 0.180. The Morgan fingerprint density at radius 2 is 2.11 bits per heavy atom. The second-order valence-corrected chi connectivity index (χ2v) is 5.54. The fourth-order valence-corrected chi connectivity index (χ4v) is 2.74. The molecule has 0 amide bonds. The largest absolute Gasteiger partial charge is 0.389 e. The summed E-state index contributed by atoms with van der Waals surface area (Å²) in [5.41, 5.74) is 5.94. The average molecular weight is 252 g/mol. The highest BCUT2D eigenvalue weighted by molar-refractivity contribution is 5.23. The van der Waals surface area contributed by atoms with Crippen LogP contribution in [0.2, 0.25) is 0 Å². The average Bonchev–Trinajstić information content (AvgIpc) is 2.61. The predicted molar refractivity (Wildman–Crippen MR) is 69.6 cm³/mol. The SMILES string of the molecule is CC(N)C(c1ccccc1F)N1CCC(C)(O)C1. The van der Waals surface area contributed by atoms with Gasteiger partial charge in [-0.25, -0.2) is 4.39 Å². The van der Waals surface area contributed by atoms with Gasteiger partial charge in [-0.05, 0) is 26.3 Å². The Bertz CT molecular complexity index is 420. The standard InChI is InChI=1S/C14H21FN2O/c1-10(16)13(11-5-3-4-6-12(11)15)17-8-7-14(2,18)9-17/h3-6,10,13,18H,7-9,16H2,1-2H3. The first-order chi connectivity index (χ1) is 8.41. The van der Waals surface area contributed by atoms with Crippen molar-refractivity contribution in [2.45, 2.75) is 38.0 Å². The lowest BCUT2D eigenvalue weighted by molar-refractivity contribution is 0.0597. The van der Waals surface area contributed by atoms with Crippen molar-refractivity contribution in [2.24, 2.45) is 5.73 Å². The molecule has 0 bridgehead atoms. The van der Waals surface area contributed by atoms with Crippen molar-refractivity contribution in [3.8, 4) is 0 Å². The molecule has 1 saturated heterocycles. The Hall–Kier alpha value is -0.970. The summed E-state index contributed by atoms with van der Waals surface area (Å²) < 4.78 is 13.9. The van der Waals surface area contributed by atoms with Crippen LogP contribution in [0, 0.1) is 5.82 Å². The van der Waals surface area contributed by atoms with Crippen LogP contribution in [0.3, 0.4) is 0 Å². The van der Waals surface area contributed by atoms with E-state index in [1.165, 1.54) is 6.07 Å². The molecule has 3 N–H and O–H groups in total. The van der Waals surface area contributed by atoms with Crippen LogP contribution in [0.5, 0.6) is 0 Å². The summed E-state index contributed by atoms with van der Waals surface area (Å²) in [6, 6.07) is 6.37. The third-order valence-electron chi connectivity index (χ3n) is 3.60. The van der Waals surface area contributed by atoms with Crippen LogP contribution in [-0.4, -0.2) is 34.7 Å². The smallest absolute Gasteiger partial charge is 0.128 e. The van der Waals surface area contributed by atoms with Crippen molar-refractivity contribution in [3.05, 3.63) is 35.6 Å². The predicted octanol–water partition coefficient (Wildman–Crippen LogP) is 1.67. The summed E-state index contributed by atoms with van der Waals surface area (Å²) in [6.07, 6.45) is 0.699. The molecule has 3 unspecified atom stereocenters. The number of rotatable bonds is 3. The number of hydrogen-bond donors (Lipinski definition) is 2. The third kappa shape index (κ3) is 2.71. The van der Waals surface area contributed by atoms with Gasteiger partial charge in [0.25, 0.3) is 0 Å². The molecule has 100 valence electrons. The molecule has 4 heteroatoms. The van der Waals surface area contributed by atoms with Gasteiger partial charge < -0.3 is 10.8 Å². The highest BCUT2D eigenvalue weighted by atomic mass is 19.1. The lowest BCUT2D eigenvalue weighted by Crippen LogP contribution is -2.40. The molecule has 1 aromatic rings. The summed E-state index contributed by atoms with van der Waals surface area (Å²) in [5, 5.41) is 10.0. The topological polar surface area (TPSA) is 49.5 Å². The normalized spacial score (nSPS) is 28.3. The van der Waals surface area contributed by atoms with E-state index in [9.17, 15) is 9.50 Å². The van der Waals surface area contributed by atoms with Crippen LogP contribution < -0.4 is 5.73 Å². The maximum Gasteiger partial charge on any atom is 0.128 e. The summed E-state index contributed by atoms with van der Waals surface area (Å²) in [5.74, 6) is -0.230. The van der Waals surface area contributed by atoms with Gasteiger partial charge in [0.1, 0.15) is 5.82 Å². The Labute approximate surface area is 107 Å². The molecule has 1 heterocycles. The van der Waals surface area contributed by atoms with Gasteiger partial charge >= 0.3 is 0 Å². The molecule has 18 heavy (non-hydrogen) atoms. The van der Waals surface area contributed by atoms with Crippen molar-refractivity contribution in [2.75, 3.05) is 13.1 Å². The first kappa shape index (κ1) is 13.5. The Balaban J connectivity index is 2.28. The highest BCUT2D eigenvalue weighted by Crippen LogP contribution is 2.32. The highest BCUT2D eigenvalue weighted by Gasteiger charge is 2.37. The van der Waals surface area contributed by atoms with E-state index in [1.54, 1.807) is 12.1 Å². The summed E-state index contributed by atoms with van der Waals surface area (Å²) in [7, 11) is 0. The van der Waals surface area contributed by atoms with Crippen LogP contribution in [0.4, 0.5) is 4.39 Å². The van der Waals surface area contributed by atoms with Gasteiger partial charge in [-0.15, -0.1) is 0 Å². The second kappa shape index (κ2) is 4.96. The van der Waals surface area contributed by atoms with Crippen LogP contribution in [-0.2, 0) is 0 Å². The second-order valence-electron chi connectivity index (χ2n) is 5.54. The number of nitrogens with two attached hydrogens (primary N) is 1. The molecule has 1 aliphatic heterocycles. The number of benzene rings is 1. The zero-order valence-corrected chi connectivity index (χ0v) is 10.9.